The maximum absolute atomic E-state index is 12.7. The zero-order valence-corrected chi connectivity index (χ0v) is 15.1. The highest BCUT2D eigenvalue weighted by molar-refractivity contribution is 7.91. The summed E-state index contributed by atoms with van der Waals surface area (Å²) >= 11 is 0. The third kappa shape index (κ3) is 4.52. The van der Waals surface area contributed by atoms with Gasteiger partial charge in [0.1, 0.15) is 5.75 Å². The van der Waals surface area contributed by atoms with E-state index >= 15 is 0 Å². The van der Waals surface area contributed by atoms with Crippen LogP contribution in [0.2, 0.25) is 0 Å². The molecule has 3 rings (SSSR count). The van der Waals surface area contributed by atoms with Crippen LogP contribution in [0.5, 0.6) is 5.75 Å². The molecule has 0 aliphatic rings. The van der Waals surface area contributed by atoms with E-state index in [1.807, 2.05) is 6.07 Å². The highest BCUT2D eigenvalue weighted by Crippen LogP contribution is 2.23. The highest BCUT2D eigenvalue weighted by Gasteiger charge is 2.19. The van der Waals surface area contributed by atoms with Crippen molar-refractivity contribution in [2.75, 3.05) is 5.32 Å². The van der Waals surface area contributed by atoms with Crippen LogP contribution in [-0.4, -0.2) is 20.6 Å². The molecule has 138 valence electrons. The van der Waals surface area contributed by atoms with E-state index in [0.29, 0.717) is 11.4 Å². The SMILES string of the molecule is NC(Oc1ccccc1)C(=O)Nc1cccc(S(=O)(=O)c2ccccc2)c1. The number of hydrogen-bond acceptors (Lipinski definition) is 5. The lowest BCUT2D eigenvalue weighted by Gasteiger charge is -2.15. The Kier molecular flexibility index (Phi) is 5.54. The summed E-state index contributed by atoms with van der Waals surface area (Å²) in [6.07, 6.45) is -1.23. The predicted molar refractivity (Wildman–Crippen MR) is 102 cm³/mol. The fourth-order valence-electron chi connectivity index (χ4n) is 2.39. The molecule has 0 radical (unpaired) electrons. The number of amides is 1. The first kappa shape index (κ1) is 18.6. The lowest BCUT2D eigenvalue weighted by Crippen LogP contribution is -2.40. The molecule has 7 heteroatoms. The van der Waals surface area contributed by atoms with Gasteiger partial charge in [-0.25, -0.2) is 8.42 Å². The lowest BCUT2D eigenvalue weighted by atomic mass is 10.3. The maximum Gasteiger partial charge on any atom is 0.280 e. The lowest BCUT2D eigenvalue weighted by molar-refractivity contribution is -0.122. The summed E-state index contributed by atoms with van der Waals surface area (Å²) in [5.41, 5.74) is 6.07. The maximum atomic E-state index is 12.7. The quantitative estimate of drug-likeness (QED) is 0.639. The van der Waals surface area contributed by atoms with Crippen LogP contribution in [0.15, 0.2) is 94.7 Å². The van der Waals surface area contributed by atoms with Gasteiger partial charge in [-0.3, -0.25) is 10.5 Å². The van der Waals surface area contributed by atoms with Crippen molar-refractivity contribution in [3.05, 3.63) is 84.9 Å². The van der Waals surface area contributed by atoms with Gasteiger partial charge in [0.05, 0.1) is 9.79 Å². The van der Waals surface area contributed by atoms with E-state index in [1.165, 1.54) is 24.3 Å². The topological polar surface area (TPSA) is 98.5 Å². The largest absolute Gasteiger partial charge is 0.466 e. The Balaban J connectivity index is 1.75. The molecule has 3 N–H and O–H groups in total. The molecule has 0 aliphatic carbocycles. The number of nitrogens with one attached hydrogen (secondary N) is 1. The first-order valence-corrected chi connectivity index (χ1v) is 9.63. The third-order valence-electron chi connectivity index (χ3n) is 3.73. The molecule has 1 unspecified atom stereocenters. The molecule has 0 fully saturated rings. The first-order chi connectivity index (χ1) is 13.0. The number of rotatable bonds is 6. The standard InChI is InChI=1S/C20H18N2O4S/c21-19(26-16-9-3-1-4-10-16)20(23)22-15-8-7-13-18(14-15)27(24,25)17-11-5-2-6-12-17/h1-14,19H,21H2,(H,22,23). The zero-order valence-electron chi connectivity index (χ0n) is 14.3. The van der Waals surface area contributed by atoms with E-state index in [9.17, 15) is 13.2 Å². The van der Waals surface area contributed by atoms with Crippen LogP contribution in [0, 0.1) is 0 Å². The number of sulfone groups is 1. The number of nitrogens with two attached hydrogens (primary N) is 1. The van der Waals surface area contributed by atoms with Crippen LogP contribution in [0.3, 0.4) is 0 Å². The Labute approximate surface area is 157 Å². The fraction of sp³-hybridized carbons (Fsp3) is 0.0500. The number of hydrogen-bond donors (Lipinski definition) is 2. The molecule has 0 aliphatic heterocycles. The third-order valence-corrected chi connectivity index (χ3v) is 5.50. The number of carbonyl (C=O) groups excluding carboxylic acids is 1. The van der Waals surface area contributed by atoms with Crippen molar-refractivity contribution in [1.29, 1.82) is 0 Å². The van der Waals surface area contributed by atoms with Crippen LogP contribution >= 0.6 is 0 Å². The number of benzene rings is 3. The second kappa shape index (κ2) is 8.03. The minimum Gasteiger partial charge on any atom is -0.466 e. The van der Waals surface area contributed by atoms with Crippen molar-refractivity contribution in [3.63, 3.8) is 0 Å². The molecule has 1 amide bonds. The van der Waals surface area contributed by atoms with Crippen molar-refractivity contribution in [2.24, 2.45) is 5.73 Å². The van der Waals surface area contributed by atoms with Gasteiger partial charge in [-0.15, -0.1) is 0 Å². The van der Waals surface area contributed by atoms with Crippen LogP contribution in [0.4, 0.5) is 5.69 Å². The van der Waals surface area contributed by atoms with Crippen molar-refractivity contribution in [2.45, 2.75) is 16.0 Å². The predicted octanol–water partition coefficient (Wildman–Crippen LogP) is 2.82. The van der Waals surface area contributed by atoms with E-state index in [1.54, 1.807) is 54.6 Å². The molecule has 3 aromatic rings. The average Bonchev–Trinajstić information content (AvgIpc) is 2.69. The molecule has 27 heavy (non-hydrogen) atoms. The van der Waals surface area contributed by atoms with Gasteiger partial charge in [0.15, 0.2) is 0 Å². The van der Waals surface area contributed by atoms with Crippen molar-refractivity contribution in [3.8, 4) is 5.75 Å². The zero-order chi connectivity index (χ0) is 19.3. The van der Waals surface area contributed by atoms with Crippen LogP contribution in [0.25, 0.3) is 0 Å². The monoisotopic (exact) mass is 382 g/mol. The van der Waals surface area contributed by atoms with Gasteiger partial charge in [-0.05, 0) is 42.5 Å². The van der Waals surface area contributed by atoms with Gasteiger partial charge in [0.25, 0.3) is 5.91 Å². The van der Waals surface area contributed by atoms with E-state index in [-0.39, 0.29) is 9.79 Å². The van der Waals surface area contributed by atoms with Crippen molar-refractivity contribution < 1.29 is 17.9 Å². The van der Waals surface area contributed by atoms with Gasteiger partial charge in [0.2, 0.25) is 16.1 Å². The van der Waals surface area contributed by atoms with Gasteiger partial charge in [0, 0.05) is 5.69 Å². The molecular weight excluding hydrogens is 364 g/mol. The summed E-state index contributed by atoms with van der Waals surface area (Å²) in [7, 11) is -3.68. The average molecular weight is 382 g/mol. The molecule has 6 nitrogen and oxygen atoms in total. The number of para-hydroxylation sites is 1. The summed E-state index contributed by atoms with van der Waals surface area (Å²) in [5.74, 6) is -0.131. The second-order valence-electron chi connectivity index (χ2n) is 5.69. The summed E-state index contributed by atoms with van der Waals surface area (Å²) in [4.78, 5) is 12.5. The number of anilines is 1. The number of ether oxygens (including phenoxy) is 1. The van der Waals surface area contributed by atoms with E-state index in [2.05, 4.69) is 5.32 Å². The molecule has 0 bridgehead atoms. The van der Waals surface area contributed by atoms with Gasteiger partial charge >= 0.3 is 0 Å². The Morgan fingerprint density at radius 2 is 1.44 bits per heavy atom. The molecule has 3 aromatic carbocycles. The number of carbonyl (C=O) groups is 1. The Morgan fingerprint density at radius 1 is 0.852 bits per heavy atom. The summed E-state index contributed by atoms with van der Waals surface area (Å²) in [6, 6.07) is 22.8. The summed E-state index contributed by atoms with van der Waals surface area (Å²) in [6.45, 7) is 0. The van der Waals surface area contributed by atoms with Gasteiger partial charge in [-0.2, -0.15) is 0 Å². The smallest absolute Gasteiger partial charge is 0.280 e. The molecule has 0 saturated carbocycles. The Hall–Kier alpha value is -3.16. The van der Waals surface area contributed by atoms with E-state index in [0.717, 1.165) is 0 Å². The Bertz CT molecular complexity index is 1020. The Morgan fingerprint density at radius 3 is 2.11 bits per heavy atom. The van der Waals surface area contributed by atoms with Crippen molar-refractivity contribution in [1.82, 2.24) is 0 Å². The van der Waals surface area contributed by atoms with Crippen molar-refractivity contribution >= 4 is 21.4 Å². The molecule has 0 spiro atoms. The minimum absolute atomic E-state index is 0.0732. The summed E-state index contributed by atoms with van der Waals surface area (Å²) in [5, 5.41) is 2.57. The molecule has 1 atom stereocenters. The molecular formula is C20H18N2O4S. The van der Waals surface area contributed by atoms with Crippen LogP contribution in [0.1, 0.15) is 0 Å². The van der Waals surface area contributed by atoms with Crippen LogP contribution in [-0.2, 0) is 14.6 Å². The highest BCUT2D eigenvalue weighted by atomic mass is 32.2. The van der Waals surface area contributed by atoms with Gasteiger partial charge < -0.3 is 10.1 Å². The van der Waals surface area contributed by atoms with E-state index in [4.69, 9.17) is 10.5 Å². The minimum atomic E-state index is -3.68. The molecule has 0 aromatic heterocycles. The fourth-order valence-corrected chi connectivity index (χ4v) is 3.72. The normalized spacial score (nSPS) is 12.2. The van der Waals surface area contributed by atoms with Gasteiger partial charge in [-0.1, -0.05) is 42.5 Å². The summed E-state index contributed by atoms with van der Waals surface area (Å²) < 4.78 is 30.7. The molecule has 0 saturated heterocycles. The van der Waals surface area contributed by atoms with E-state index < -0.39 is 22.0 Å². The second-order valence-corrected chi connectivity index (χ2v) is 7.63. The first-order valence-electron chi connectivity index (χ1n) is 8.15. The molecule has 0 heterocycles. The van der Waals surface area contributed by atoms with Crippen LogP contribution < -0.4 is 15.8 Å².